The van der Waals surface area contributed by atoms with Crippen LogP contribution in [0.25, 0.3) is 10.9 Å². The average molecular weight is 443 g/mol. The number of aliphatic imine (C=N–C) groups is 1. The van der Waals surface area contributed by atoms with Gasteiger partial charge in [-0.05, 0) is 59.9 Å². The number of hydrogen-bond acceptors (Lipinski definition) is 2. The second kappa shape index (κ2) is 10.1. The van der Waals surface area contributed by atoms with Crippen LogP contribution in [-0.4, -0.2) is 23.4 Å². The lowest BCUT2D eigenvalue weighted by molar-refractivity contribution is 0.0976. The van der Waals surface area contributed by atoms with Crippen molar-refractivity contribution >= 4 is 28.5 Å². The number of hydrogen-bond donors (Lipinski definition) is 3. The van der Waals surface area contributed by atoms with Crippen LogP contribution in [-0.2, 0) is 6.42 Å². The average Bonchev–Trinajstić information content (AvgIpc) is 3.22. The van der Waals surface area contributed by atoms with Gasteiger partial charge in [0, 0.05) is 34.9 Å². The maximum Gasteiger partial charge on any atom is 0.258 e. The number of aromatic amines is 1. The SMILES string of the molecule is CC(C)c1ccc(NC(=NCCc2c[nH]c3ccccc23)NC(=O)c2cccc(F)c2)cc1. The van der Waals surface area contributed by atoms with Gasteiger partial charge in [-0.15, -0.1) is 0 Å². The van der Waals surface area contributed by atoms with Gasteiger partial charge < -0.3 is 10.3 Å². The van der Waals surface area contributed by atoms with Crippen LogP contribution in [0.3, 0.4) is 0 Å². The summed E-state index contributed by atoms with van der Waals surface area (Å²) in [6.45, 7) is 4.75. The molecule has 1 amide bonds. The van der Waals surface area contributed by atoms with Crippen molar-refractivity contribution in [2.45, 2.75) is 26.2 Å². The minimum atomic E-state index is -0.460. The summed E-state index contributed by atoms with van der Waals surface area (Å²) in [4.78, 5) is 20.6. The van der Waals surface area contributed by atoms with Gasteiger partial charge in [0.25, 0.3) is 5.91 Å². The Balaban J connectivity index is 1.52. The normalized spacial score (nSPS) is 11.7. The molecule has 1 aromatic heterocycles. The number of guanidine groups is 1. The van der Waals surface area contributed by atoms with Crippen molar-refractivity contribution < 1.29 is 9.18 Å². The van der Waals surface area contributed by atoms with E-state index in [0.717, 1.165) is 22.2 Å². The first-order chi connectivity index (χ1) is 16.0. The molecule has 0 spiro atoms. The molecule has 0 unspecified atom stereocenters. The third kappa shape index (κ3) is 5.66. The number of anilines is 1. The zero-order valence-electron chi connectivity index (χ0n) is 18.7. The predicted octanol–water partition coefficient (Wildman–Crippen LogP) is 5.87. The standard InChI is InChI=1S/C27H27FN4O/c1-18(2)19-10-12-23(13-11-19)31-27(32-26(33)20-6-5-7-22(28)16-20)29-15-14-21-17-30-25-9-4-3-8-24(21)25/h3-13,16-18,30H,14-15H2,1-2H3,(H2,29,31,32,33). The molecule has 4 aromatic rings. The van der Waals surface area contributed by atoms with E-state index in [1.54, 1.807) is 6.07 Å². The van der Waals surface area contributed by atoms with E-state index in [0.29, 0.717) is 24.8 Å². The molecule has 33 heavy (non-hydrogen) atoms. The van der Waals surface area contributed by atoms with Gasteiger partial charge in [0.15, 0.2) is 0 Å². The maximum atomic E-state index is 13.6. The zero-order valence-corrected chi connectivity index (χ0v) is 18.7. The Morgan fingerprint density at radius 3 is 2.58 bits per heavy atom. The Morgan fingerprint density at radius 2 is 1.82 bits per heavy atom. The number of fused-ring (bicyclic) bond motifs is 1. The minimum absolute atomic E-state index is 0.233. The number of nitrogens with one attached hydrogen (secondary N) is 3. The van der Waals surface area contributed by atoms with E-state index in [1.165, 1.54) is 23.8 Å². The van der Waals surface area contributed by atoms with E-state index in [9.17, 15) is 9.18 Å². The van der Waals surface area contributed by atoms with Crippen molar-refractivity contribution in [1.29, 1.82) is 0 Å². The van der Waals surface area contributed by atoms with Crippen molar-refractivity contribution in [2.75, 3.05) is 11.9 Å². The molecule has 3 N–H and O–H groups in total. The molecule has 168 valence electrons. The molecule has 4 rings (SSSR count). The van der Waals surface area contributed by atoms with Gasteiger partial charge >= 0.3 is 0 Å². The maximum absolute atomic E-state index is 13.6. The fourth-order valence-corrected chi connectivity index (χ4v) is 3.63. The van der Waals surface area contributed by atoms with Gasteiger partial charge in [0.2, 0.25) is 5.96 Å². The summed E-state index contributed by atoms with van der Waals surface area (Å²) >= 11 is 0. The van der Waals surface area contributed by atoms with Gasteiger partial charge in [0.05, 0.1) is 0 Å². The van der Waals surface area contributed by atoms with E-state index in [2.05, 4.69) is 40.5 Å². The van der Waals surface area contributed by atoms with E-state index < -0.39 is 11.7 Å². The first kappa shape index (κ1) is 22.3. The second-order valence-corrected chi connectivity index (χ2v) is 8.21. The fourth-order valence-electron chi connectivity index (χ4n) is 3.63. The largest absolute Gasteiger partial charge is 0.361 e. The van der Waals surface area contributed by atoms with Gasteiger partial charge in [0.1, 0.15) is 5.82 Å². The Bertz CT molecular complexity index is 1270. The Kier molecular flexibility index (Phi) is 6.83. The summed E-state index contributed by atoms with van der Waals surface area (Å²) in [7, 11) is 0. The Morgan fingerprint density at radius 1 is 1.03 bits per heavy atom. The molecule has 0 radical (unpaired) electrons. The zero-order chi connectivity index (χ0) is 23.2. The molecular weight excluding hydrogens is 415 g/mol. The van der Waals surface area contributed by atoms with Crippen LogP contribution in [0.4, 0.5) is 10.1 Å². The molecule has 0 saturated heterocycles. The Hall–Kier alpha value is -3.93. The summed E-state index contributed by atoms with van der Waals surface area (Å²) in [5.74, 6) is -0.137. The predicted molar refractivity (Wildman–Crippen MR) is 132 cm³/mol. The lowest BCUT2D eigenvalue weighted by Crippen LogP contribution is -2.36. The van der Waals surface area contributed by atoms with E-state index in [-0.39, 0.29) is 5.56 Å². The number of carbonyl (C=O) groups excluding carboxylic acids is 1. The lowest BCUT2D eigenvalue weighted by atomic mass is 10.0. The van der Waals surface area contributed by atoms with Gasteiger partial charge in [-0.25, -0.2) is 4.39 Å². The monoisotopic (exact) mass is 442 g/mol. The summed E-state index contributed by atoms with van der Waals surface area (Å²) in [6.07, 6.45) is 2.70. The van der Waals surface area contributed by atoms with Crippen LogP contribution >= 0.6 is 0 Å². The number of aromatic nitrogens is 1. The number of rotatable bonds is 6. The first-order valence-corrected chi connectivity index (χ1v) is 11.0. The molecule has 0 aliphatic carbocycles. The summed E-state index contributed by atoms with van der Waals surface area (Å²) in [5.41, 5.74) is 4.51. The smallest absolute Gasteiger partial charge is 0.258 e. The summed E-state index contributed by atoms with van der Waals surface area (Å²) < 4.78 is 13.6. The highest BCUT2D eigenvalue weighted by atomic mass is 19.1. The van der Waals surface area contributed by atoms with E-state index in [4.69, 9.17) is 0 Å². The van der Waals surface area contributed by atoms with Crippen molar-refractivity contribution in [3.05, 3.63) is 102 Å². The van der Waals surface area contributed by atoms with Crippen molar-refractivity contribution in [2.24, 2.45) is 4.99 Å². The molecule has 0 bridgehead atoms. The van der Waals surface area contributed by atoms with Crippen LogP contribution in [0.5, 0.6) is 0 Å². The molecule has 0 atom stereocenters. The quantitative estimate of drug-likeness (QED) is 0.258. The fraction of sp³-hybridized carbons (Fsp3) is 0.185. The molecule has 0 aliphatic rings. The number of halogens is 1. The molecule has 5 nitrogen and oxygen atoms in total. The third-order valence-electron chi connectivity index (χ3n) is 5.48. The molecule has 3 aromatic carbocycles. The van der Waals surface area contributed by atoms with Crippen LogP contribution in [0.15, 0.2) is 84.0 Å². The molecule has 0 aliphatic heterocycles. The van der Waals surface area contributed by atoms with E-state index in [1.807, 2.05) is 48.7 Å². The number of benzene rings is 3. The summed E-state index contributed by atoms with van der Waals surface area (Å²) in [6, 6.07) is 21.7. The minimum Gasteiger partial charge on any atom is -0.361 e. The molecule has 0 fully saturated rings. The molecule has 1 heterocycles. The highest BCUT2D eigenvalue weighted by molar-refractivity contribution is 6.10. The number of amides is 1. The number of nitrogens with zero attached hydrogens (tertiary/aromatic N) is 1. The highest BCUT2D eigenvalue weighted by Gasteiger charge is 2.11. The molecule has 0 saturated carbocycles. The highest BCUT2D eigenvalue weighted by Crippen LogP contribution is 2.19. The third-order valence-corrected chi connectivity index (χ3v) is 5.48. The van der Waals surface area contributed by atoms with Crippen molar-refractivity contribution in [3.63, 3.8) is 0 Å². The van der Waals surface area contributed by atoms with Crippen LogP contribution in [0.1, 0.15) is 41.3 Å². The number of para-hydroxylation sites is 1. The van der Waals surface area contributed by atoms with Crippen LogP contribution in [0.2, 0.25) is 0 Å². The molecular formula is C27H27FN4O. The van der Waals surface area contributed by atoms with Crippen LogP contribution < -0.4 is 10.6 Å². The van der Waals surface area contributed by atoms with E-state index >= 15 is 0 Å². The number of H-pyrrole nitrogens is 1. The number of carbonyl (C=O) groups is 1. The summed E-state index contributed by atoms with van der Waals surface area (Å²) in [5, 5.41) is 7.15. The second-order valence-electron chi connectivity index (χ2n) is 8.21. The van der Waals surface area contributed by atoms with Gasteiger partial charge in [-0.1, -0.05) is 50.2 Å². The molecule has 6 heteroatoms. The topological polar surface area (TPSA) is 69.3 Å². The van der Waals surface area contributed by atoms with Crippen molar-refractivity contribution in [3.8, 4) is 0 Å². The van der Waals surface area contributed by atoms with Gasteiger partial charge in [-0.3, -0.25) is 15.1 Å². The van der Waals surface area contributed by atoms with Gasteiger partial charge in [-0.2, -0.15) is 0 Å². The van der Waals surface area contributed by atoms with Crippen LogP contribution in [0, 0.1) is 5.82 Å². The van der Waals surface area contributed by atoms with Crippen molar-refractivity contribution in [1.82, 2.24) is 10.3 Å². The lowest BCUT2D eigenvalue weighted by Gasteiger charge is -2.13. The first-order valence-electron chi connectivity index (χ1n) is 11.0. The Labute approximate surface area is 192 Å².